The van der Waals surface area contributed by atoms with Gasteiger partial charge in [-0.15, -0.1) is 0 Å². The number of hydrogen-bond acceptors (Lipinski definition) is 3. The van der Waals surface area contributed by atoms with Crippen LogP contribution in [0.15, 0.2) is 35.4 Å². The maximum Gasteiger partial charge on any atom is 0.346 e. The molecule has 0 saturated heterocycles. The minimum atomic E-state index is -0.429. The SMILES string of the molecule is O=c1nc(-c2cn[nH]c2)c2cccc(Cl)c2[nH]1. The van der Waals surface area contributed by atoms with Gasteiger partial charge in [0.25, 0.3) is 0 Å². The van der Waals surface area contributed by atoms with Crippen molar-refractivity contribution in [3.63, 3.8) is 0 Å². The first kappa shape index (κ1) is 10.0. The summed E-state index contributed by atoms with van der Waals surface area (Å²) in [4.78, 5) is 18.1. The van der Waals surface area contributed by atoms with Crippen molar-refractivity contribution in [1.82, 2.24) is 20.2 Å². The lowest BCUT2D eigenvalue weighted by atomic mass is 10.1. The van der Waals surface area contributed by atoms with E-state index < -0.39 is 5.69 Å². The molecular weight excluding hydrogens is 240 g/mol. The van der Waals surface area contributed by atoms with Crippen molar-refractivity contribution < 1.29 is 0 Å². The lowest BCUT2D eigenvalue weighted by Gasteiger charge is -2.03. The molecule has 17 heavy (non-hydrogen) atoms. The number of hydrogen-bond donors (Lipinski definition) is 2. The van der Waals surface area contributed by atoms with E-state index in [4.69, 9.17) is 11.6 Å². The summed E-state index contributed by atoms with van der Waals surface area (Å²) in [7, 11) is 0. The zero-order chi connectivity index (χ0) is 11.8. The monoisotopic (exact) mass is 246 g/mol. The van der Waals surface area contributed by atoms with Gasteiger partial charge < -0.3 is 4.98 Å². The molecule has 2 heterocycles. The predicted octanol–water partition coefficient (Wildman–Crippen LogP) is 1.97. The van der Waals surface area contributed by atoms with Crippen LogP contribution in [0, 0.1) is 0 Å². The number of rotatable bonds is 1. The summed E-state index contributed by atoms with van der Waals surface area (Å²) in [5.41, 5.74) is 1.48. The standard InChI is InChI=1S/C11H7ClN4O/c12-8-3-1-2-7-9(6-4-13-14-5-6)15-11(17)16-10(7)8/h1-5H,(H,13,14)(H,15,16,17). The van der Waals surface area contributed by atoms with Gasteiger partial charge in [0.1, 0.15) is 0 Å². The number of aromatic nitrogens is 4. The van der Waals surface area contributed by atoms with Crippen LogP contribution >= 0.6 is 11.6 Å². The summed E-state index contributed by atoms with van der Waals surface area (Å²) in [6, 6.07) is 5.39. The lowest BCUT2D eigenvalue weighted by molar-refractivity contribution is 1.09. The molecule has 1 aromatic carbocycles. The molecule has 84 valence electrons. The zero-order valence-corrected chi connectivity index (χ0v) is 9.32. The van der Waals surface area contributed by atoms with Crippen molar-refractivity contribution >= 4 is 22.5 Å². The Hall–Kier alpha value is -2.14. The lowest BCUT2D eigenvalue weighted by Crippen LogP contribution is -2.11. The molecule has 5 nitrogen and oxygen atoms in total. The van der Waals surface area contributed by atoms with Crippen LogP contribution in [0.4, 0.5) is 0 Å². The highest BCUT2D eigenvalue weighted by atomic mass is 35.5. The van der Waals surface area contributed by atoms with Gasteiger partial charge >= 0.3 is 5.69 Å². The van der Waals surface area contributed by atoms with Crippen LogP contribution in [0.25, 0.3) is 22.2 Å². The summed E-state index contributed by atoms with van der Waals surface area (Å²) in [5.74, 6) is 0. The number of nitrogens with one attached hydrogen (secondary N) is 2. The normalized spacial score (nSPS) is 10.9. The van der Waals surface area contributed by atoms with E-state index in [2.05, 4.69) is 20.2 Å². The number of nitrogens with zero attached hydrogens (tertiary/aromatic N) is 2. The number of H-pyrrole nitrogens is 2. The largest absolute Gasteiger partial charge is 0.346 e. The van der Waals surface area contributed by atoms with E-state index in [0.29, 0.717) is 16.2 Å². The molecule has 6 heteroatoms. The molecule has 0 atom stereocenters. The fraction of sp³-hybridized carbons (Fsp3) is 0. The third-order valence-electron chi connectivity index (χ3n) is 2.49. The first-order valence-corrected chi connectivity index (χ1v) is 5.31. The van der Waals surface area contributed by atoms with E-state index in [-0.39, 0.29) is 0 Å². The van der Waals surface area contributed by atoms with Crippen molar-refractivity contribution in [2.24, 2.45) is 0 Å². The molecule has 0 unspecified atom stereocenters. The first-order valence-electron chi connectivity index (χ1n) is 4.93. The number of aromatic amines is 2. The number of fused-ring (bicyclic) bond motifs is 1. The smallest absolute Gasteiger partial charge is 0.304 e. The highest BCUT2D eigenvalue weighted by Crippen LogP contribution is 2.27. The minimum Gasteiger partial charge on any atom is -0.304 e. The molecule has 0 saturated carbocycles. The van der Waals surface area contributed by atoms with E-state index in [1.165, 1.54) is 0 Å². The van der Waals surface area contributed by atoms with Gasteiger partial charge in [0.2, 0.25) is 0 Å². The summed E-state index contributed by atoms with van der Waals surface area (Å²) < 4.78 is 0. The first-order chi connectivity index (χ1) is 8.25. The van der Waals surface area contributed by atoms with Gasteiger partial charge in [-0.05, 0) is 6.07 Å². The average molecular weight is 247 g/mol. The maximum atomic E-state index is 11.5. The Morgan fingerprint density at radius 2 is 2.18 bits per heavy atom. The van der Waals surface area contributed by atoms with Gasteiger partial charge in [-0.2, -0.15) is 10.1 Å². The molecule has 0 radical (unpaired) electrons. The Bertz CT molecular complexity index is 733. The zero-order valence-electron chi connectivity index (χ0n) is 8.57. The summed E-state index contributed by atoms with van der Waals surface area (Å²) in [5, 5.41) is 7.82. The predicted molar refractivity (Wildman–Crippen MR) is 65.0 cm³/mol. The molecule has 3 aromatic rings. The van der Waals surface area contributed by atoms with Crippen LogP contribution < -0.4 is 5.69 Å². The average Bonchev–Trinajstić information content (AvgIpc) is 2.83. The Kier molecular flexibility index (Phi) is 2.19. The third-order valence-corrected chi connectivity index (χ3v) is 2.80. The molecule has 0 amide bonds. The number of benzene rings is 1. The number of halogens is 1. The Morgan fingerprint density at radius 3 is 2.94 bits per heavy atom. The van der Waals surface area contributed by atoms with Gasteiger partial charge in [-0.1, -0.05) is 23.7 Å². The second kappa shape index (κ2) is 3.71. The van der Waals surface area contributed by atoms with E-state index in [1.807, 2.05) is 12.1 Å². The quantitative estimate of drug-likeness (QED) is 0.689. The molecule has 0 fully saturated rings. The molecule has 2 aromatic heterocycles. The van der Waals surface area contributed by atoms with E-state index in [1.54, 1.807) is 18.5 Å². The van der Waals surface area contributed by atoms with E-state index in [0.717, 1.165) is 10.9 Å². The second-order valence-corrected chi connectivity index (χ2v) is 3.95. The Labute approximate surface area is 100 Å². The topological polar surface area (TPSA) is 74.4 Å². The molecular formula is C11H7ClN4O. The van der Waals surface area contributed by atoms with Crippen molar-refractivity contribution in [3.05, 3.63) is 46.1 Å². The molecule has 3 rings (SSSR count). The second-order valence-electron chi connectivity index (χ2n) is 3.54. The minimum absolute atomic E-state index is 0.429. The Balaban J connectivity index is 2.46. The molecule has 0 bridgehead atoms. The number of para-hydroxylation sites is 1. The summed E-state index contributed by atoms with van der Waals surface area (Å²) in [6.07, 6.45) is 3.30. The highest BCUT2D eigenvalue weighted by molar-refractivity contribution is 6.35. The van der Waals surface area contributed by atoms with Crippen molar-refractivity contribution in [3.8, 4) is 11.3 Å². The van der Waals surface area contributed by atoms with Crippen molar-refractivity contribution in [2.45, 2.75) is 0 Å². The summed E-state index contributed by atoms with van der Waals surface area (Å²) in [6.45, 7) is 0. The van der Waals surface area contributed by atoms with Crippen molar-refractivity contribution in [2.75, 3.05) is 0 Å². The van der Waals surface area contributed by atoms with Gasteiger partial charge in [0.15, 0.2) is 0 Å². The van der Waals surface area contributed by atoms with Gasteiger partial charge in [-0.3, -0.25) is 5.10 Å². The van der Waals surface area contributed by atoms with Gasteiger partial charge in [0.05, 0.1) is 22.4 Å². The van der Waals surface area contributed by atoms with Crippen LogP contribution in [0.1, 0.15) is 0 Å². The third kappa shape index (κ3) is 1.60. The molecule has 0 aliphatic heterocycles. The van der Waals surface area contributed by atoms with Gasteiger partial charge in [0, 0.05) is 17.1 Å². The molecule has 0 aliphatic carbocycles. The van der Waals surface area contributed by atoms with Crippen molar-refractivity contribution in [1.29, 1.82) is 0 Å². The molecule has 2 N–H and O–H groups in total. The van der Waals surface area contributed by atoms with Crippen LogP contribution in [0.2, 0.25) is 5.02 Å². The maximum absolute atomic E-state index is 11.5. The molecule has 0 aliphatic rings. The van der Waals surface area contributed by atoms with Gasteiger partial charge in [-0.25, -0.2) is 4.79 Å². The van der Waals surface area contributed by atoms with Crippen LogP contribution in [-0.2, 0) is 0 Å². The van der Waals surface area contributed by atoms with Crippen LogP contribution in [-0.4, -0.2) is 20.2 Å². The van der Waals surface area contributed by atoms with E-state index in [9.17, 15) is 4.79 Å². The van der Waals surface area contributed by atoms with Crippen LogP contribution in [0.5, 0.6) is 0 Å². The fourth-order valence-corrected chi connectivity index (χ4v) is 1.97. The molecule has 0 spiro atoms. The Morgan fingerprint density at radius 1 is 1.29 bits per heavy atom. The van der Waals surface area contributed by atoms with E-state index >= 15 is 0 Å². The summed E-state index contributed by atoms with van der Waals surface area (Å²) >= 11 is 6.04. The highest BCUT2D eigenvalue weighted by Gasteiger charge is 2.10. The van der Waals surface area contributed by atoms with Crippen LogP contribution in [0.3, 0.4) is 0 Å². The fourth-order valence-electron chi connectivity index (χ4n) is 1.75.